The normalized spacial score (nSPS) is 21.9. The van der Waals surface area contributed by atoms with Gasteiger partial charge in [-0.2, -0.15) is 0 Å². The Morgan fingerprint density at radius 1 is 1.41 bits per heavy atom. The van der Waals surface area contributed by atoms with Crippen LogP contribution in [0.15, 0.2) is 34.3 Å². The number of fused-ring (bicyclic) bond motifs is 1. The summed E-state index contributed by atoms with van der Waals surface area (Å²) in [5.74, 6) is -0.848. The van der Waals surface area contributed by atoms with Gasteiger partial charge in [-0.3, -0.25) is 9.59 Å². The summed E-state index contributed by atoms with van der Waals surface area (Å²) in [7, 11) is 0. The summed E-state index contributed by atoms with van der Waals surface area (Å²) in [6.45, 7) is 5.35. The zero-order valence-electron chi connectivity index (χ0n) is 16.8. The average molecular weight is 495 g/mol. The van der Waals surface area contributed by atoms with E-state index in [0.717, 1.165) is 14.9 Å². The number of amides is 2. The molecule has 3 atom stereocenters. The molecule has 2 unspecified atom stereocenters. The van der Waals surface area contributed by atoms with Crippen molar-refractivity contribution in [3.05, 3.63) is 35.0 Å². The first-order valence-electron chi connectivity index (χ1n) is 9.35. The van der Waals surface area contributed by atoms with Crippen LogP contribution in [0, 0.1) is 6.92 Å². The lowest BCUT2D eigenvalue weighted by molar-refractivity contribution is -0.162. The minimum absolute atomic E-state index is 0.0390. The topological polar surface area (TPSA) is 145 Å². The highest BCUT2D eigenvalue weighted by Gasteiger charge is 2.56. The Kier molecular flexibility index (Phi) is 6.86. The summed E-state index contributed by atoms with van der Waals surface area (Å²) in [4.78, 5) is 39.4. The van der Waals surface area contributed by atoms with Crippen molar-refractivity contribution in [2.45, 2.75) is 35.3 Å². The van der Waals surface area contributed by atoms with Gasteiger partial charge in [0.05, 0.1) is 0 Å². The van der Waals surface area contributed by atoms with Crippen molar-refractivity contribution in [3.63, 3.8) is 0 Å². The quantitative estimate of drug-likeness (QED) is 0.218. The molecule has 0 radical (unpaired) electrons. The maximum Gasteiger partial charge on any atom is 0.333 e. The first-order valence-corrected chi connectivity index (χ1v) is 12.1. The van der Waals surface area contributed by atoms with Gasteiger partial charge >= 0.3 is 5.97 Å². The smallest absolute Gasteiger partial charge is 0.333 e. The molecule has 1 saturated heterocycles. The fraction of sp³-hybridized carbons (Fsp3) is 0.412. The van der Waals surface area contributed by atoms with Crippen LogP contribution in [0.3, 0.4) is 0 Å². The summed E-state index contributed by atoms with van der Waals surface area (Å²) in [5, 5.41) is 23.6. The number of aromatic nitrogens is 6. The maximum atomic E-state index is 12.9. The van der Waals surface area contributed by atoms with E-state index in [-0.39, 0.29) is 19.1 Å². The molecule has 4 rings (SSSR count). The molecule has 32 heavy (non-hydrogen) atoms. The Labute approximate surface area is 194 Å². The van der Waals surface area contributed by atoms with Crippen molar-refractivity contribution < 1.29 is 19.1 Å². The van der Waals surface area contributed by atoms with Crippen LogP contribution in [0.5, 0.6) is 0 Å². The van der Waals surface area contributed by atoms with Gasteiger partial charge in [-0.25, -0.2) is 9.48 Å². The van der Waals surface area contributed by atoms with Crippen molar-refractivity contribution in [1.29, 1.82) is 0 Å². The molecule has 2 aromatic rings. The summed E-state index contributed by atoms with van der Waals surface area (Å²) < 4.78 is 7.28. The number of carbonyl (C=O) groups excluding carboxylic acids is 3. The number of hydrogen-bond donors (Lipinski definition) is 1. The van der Waals surface area contributed by atoms with Crippen molar-refractivity contribution >= 4 is 52.6 Å². The molecule has 0 bridgehead atoms. The molecule has 1 fully saturated rings. The van der Waals surface area contributed by atoms with E-state index >= 15 is 0 Å². The third-order valence-corrected chi connectivity index (χ3v) is 7.78. The van der Waals surface area contributed by atoms with Crippen LogP contribution < -0.4 is 5.32 Å². The summed E-state index contributed by atoms with van der Waals surface area (Å²) in [5.41, 5.74) is 0.727. The highest BCUT2D eigenvalue weighted by molar-refractivity contribution is 8.03. The van der Waals surface area contributed by atoms with Gasteiger partial charge in [0.25, 0.3) is 0 Å². The molecule has 12 nitrogen and oxygen atoms in total. The van der Waals surface area contributed by atoms with Crippen LogP contribution in [0.2, 0.25) is 0 Å². The fourth-order valence-electron chi connectivity index (χ4n) is 3.14. The molecule has 1 N–H and O–H groups in total. The van der Waals surface area contributed by atoms with Crippen LogP contribution in [-0.4, -0.2) is 82.9 Å². The second-order valence-corrected chi connectivity index (χ2v) is 10.1. The van der Waals surface area contributed by atoms with Gasteiger partial charge in [0.15, 0.2) is 10.4 Å². The first-order chi connectivity index (χ1) is 15.5. The van der Waals surface area contributed by atoms with Gasteiger partial charge in [0, 0.05) is 5.75 Å². The Bertz CT molecular complexity index is 1060. The number of ether oxygens (including phenoxy) is 1. The lowest BCUT2D eigenvalue weighted by atomic mass is 9.98. The number of tetrazole rings is 1. The Balaban J connectivity index is 1.46. The number of rotatable bonds is 9. The van der Waals surface area contributed by atoms with E-state index in [1.807, 2.05) is 12.3 Å². The molecule has 0 aliphatic carbocycles. The Morgan fingerprint density at radius 2 is 2.25 bits per heavy atom. The molecule has 2 aliphatic rings. The van der Waals surface area contributed by atoms with Crippen LogP contribution in [-0.2, 0) is 25.7 Å². The fourth-order valence-corrected chi connectivity index (χ4v) is 6.29. The first kappa shape index (κ1) is 22.4. The van der Waals surface area contributed by atoms with E-state index in [1.54, 1.807) is 0 Å². The number of nitrogens with one attached hydrogen (secondary N) is 1. The predicted octanol–water partition coefficient (Wildman–Crippen LogP) is 0.00692. The molecule has 15 heteroatoms. The molecule has 0 saturated carbocycles. The van der Waals surface area contributed by atoms with Gasteiger partial charge in [-0.15, -0.1) is 27.1 Å². The number of esters is 1. The third kappa shape index (κ3) is 4.68. The van der Waals surface area contributed by atoms with Crippen LogP contribution in [0.1, 0.15) is 5.01 Å². The van der Waals surface area contributed by atoms with Gasteiger partial charge < -0.3 is 15.0 Å². The SMILES string of the molecule is C=CCOC(=O)C1C(CSc2nnc(C)s2)=CS[C@@H]2C(NC(=O)Cn3cnnn3)C(=O)N12. The summed E-state index contributed by atoms with van der Waals surface area (Å²) >= 11 is 4.27. The molecule has 168 valence electrons. The Morgan fingerprint density at radius 3 is 2.94 bits per heavy atom. The number of hydrogen-bond acceptors (Lipinski definition) is 12. The van der Waals surface area contributed by atoms with Gasteiger partial charge in [0.1, 0.15) is 35.9 Å². The van der Waals surface area contributed by atoms with Gasteiger partial charge in [0.2, 0.25) is 11.8 Å². The summed E-state index contributed by atoms with van der Waals surface area (Å²) in [6, 6.07) is -1.63. The standard InChI is InChI=1S/C17H18N8O4S3/c1-3-4-29-16(28)13-10(7-31-17-21-20-9(2)32-17)6-30-15-12(14(27)25(13)15)19-11(26)5-24-8-18-22-23-24/h3,6,8,12-13,15H,1,4-5,7H2,2H3,(H,19,26)/t12?,13?,15-/m1/s1. The van der Waals surface area contributed by atoms with E-state index < -0.39 is 29.3 Å². The minimum Gasteiger partial charge on any atom is -0.460 e. The van der Waals surface area contributed by atoms with Crippen LogP contribution in [0.4, 0.5) is 0 Å². The van der Waals surface area contributed by atoms with E-state index in [9.17, 15) is 14.4 Å². The molecular formula is C17H18N8O4S3. The predicted molar refractivity (Wildman–Crippen MR) is 116 cm³/mol. The summed E-state index contributed by atoms with van der Waals surface area (Å²) in [6.07, 6.45) is 2.77. The third-order valence-electron chi connectivity index (χ3n) is 4.52. The number of β-lactam (4-membered cyclic amide) rings is 1. The monoisotopic (exact) mass is 494 g/mol. The lowest BCUT2D eigenvalue weighted by Crippen LogP contribution is -2.74. The van der Waals surface area contributed by atoms with Crippen LogP contribution >= 0.6 is 34.9 Å². The number of nitrogens with zero attached hydrogens (tertiary/aromatic N) is 7. The molecule has 4 heterocycles. The highest BCUT2D eigenvalue weighted by Crippen LogP contribution is 2.41. The molecule has 2 aromatic heterocycles. The van der Waals surface area contributed by atoms with Crippen LogP contribution in [0.25, 0.3) is 0 Å². The molecule has 2 amide bonds. The Hall–Kier alpha value is -2.78. The zero-order valence-corrected chi connectivity index (χ0v) is 19.2. The van der Waals surface area contributed by atoms with Crippen molar-refractivity contribution in [3.8, 4) is 0 Å². The van der Waals surface area contributed by atoms with E-state index in [0.29, 0.717) is 5.75 Å². The number of thioether (sulfide) groups is 2. The van der Waals surface area contributed by atoms with E-state index in [1.165, 1.54) is 56.8 Å². The largest absolute Gasteiger partial charge is 0.460 e. The second kappa shape index (κ2) is 9.79. The molecule has 0 spiro atoms. The van der Waals surface area contributed by atoms with Crippen molar-refractivity contribution in [2.75, 3.05) is 12.4 Å². The van der Waals surface area contributed by atoms with E-state index in [4.69, 9.17) is 4.74 Å². The second-order valence-electron chi connectivity index (χ2n) is 6.71. The maximum absolute atomic E-state index is 12.9. The van der Waals surface area contributed by atoms with Gasteiger partial charge in [-0.05, 0) is 28.3 Å². The average Bonchev–Trinajstić information content (AvgIpc) is 3.45. The number of carbonyl (C=O) groups is 3. The van der Waals surface area contributed by atoms with Gasteiger partial charge in [-0.1, -0.05) is 35.8 Å². The van der Waals surface area contributed by atoms with Crippen molar-refractivity contribution in [2.24, 2.45) is 0 Å². The lowest BCUT2D eigenvalue weighted by Gasteiger charge is -2.51. The van der Waals surface area contributed by atoms with Crippen molar-refractivity contribution in [1.82, 2.24) is 40.6 Å². The number of aryl methyl sites for hydroxylation is 1. The van der Waals surface area contributed by atoms with E-state index in [2.05, 4.69) is 37.6 Å². The highest BCUT2D eigenvalue weighted by atomic mass is 32.2. The molecule has 2 aliphatic heterocycles. The molecular weight excluding hydrogens is 476 g/mol. The molecule has 0 aromatic carbocycles. The zero-order chi connectivity index (χ0) is 22.7. The minimum atomic E-state index is -0.872.